The zero-order valence-corrected chi connectivity index (χ0v) is 14.6. The van der Waals surface area contributed by atoms with E-state index >= 15 is 0 Å². The lowest BCUT2D eigenvalue weighted by atomic mass is 10.1. The van der Waals surface area contributed by atoms with Crippen LogP contribution in [0.1, 0.15) is 47.1 Å². The van der Waals surface area contributed by atoms with Gasteiger partial charge in [0.25, 0.3) is 5.91 Å². The van der Waals surface area contributed by atoms with Crippen molar-refractivity contribution in [2.75, 3.05) is 23.3 Å². The molecule has 1 aromatic heterocycles. The first-order valence-electron chi connectivity index (χ1n) is 8.54. The molecule has 1 amide bonds. The number of benzene rings is 1. The van der Waals surface area contributed by atoms with Crippen molar-refractivity contribution in [3.63, 3.8) is 0 Å². The second-order valence-electron chi connectivity index (χ2n) is 6.29. The molecule has 8 heteroatoms. The smallest absolute Gasteiger partial charge is 0.370 e. The van der Waals surface area contributed by atoms with Crippen molar-refractivity contribution in [2.24, 2.45) is 0 Å². The van der Waals surface area contributed by atoms with Gasteiger partial charge in [-0.05, 0) is 44.4 Å². The minimum absolute atomic E-state index is 0.148. The van der Waals surface area contributed by atoms with Gasteiger partial charge in [-0.1, -0.05) is 12.1 Å². The maximum Gasteiger partial charge on any atom is 0.416 e. The Bertz CT molecular complexity index is 808. The van der Waals surface area contributed by atoms with Crippen LogP contribution in [0.25, 0.3) is 0 Å². The van der Waals surface area contributed by atoms with Crippen LogP contribution in [0.5, 0.6) is 0 Å². The number of alkyl halides is 3. The van der Waals surface area contributed by atoms with Gasteiger partial charge in [-0.15, -0.1) is 0 Å². The SMILES string of the molecule is CCc1noc(C)c1C(=O)Nc1cc(C(F)(F)F)ccc1N1CCCC1. The fourth-order valence-corrected chi connectivity index (χ4v) is 3.18. The molecule has 1 aromatic carbocycles. The second-order valence-corrected chi connectivity index (χ2v) is 6.29. The zero-order valence-electron chi connectivity index (χ0n) is 14.6. The van der Waals surface area contributed by atoms with Gasteiger partial charge in [0.1, 0.15) is 11.3 Å². The van der Waals surface area contributed by atoms with Gasteiger partial charge in [0, 0.05) is 13.1 Å². The van der Waals surface area contributed by atoms with Crippen molar-refractivity contribution < 1.29 is 22.5 Å². The lowest BCUT2D eigenvalue weighted by Crippen LogP contribution is -2.22. The zero-order chi connectivity index (χ0) is 18.9. The molecule has 0 bridgehead atoms. The summed E-state index contributed by atoms with van der Waals surface area (Å²) in [5.41, 5.74) is 0.700. The Balaban J connectivity index is 1.98. The lowest BCUT2D eigenvalue weighted by molar-refractivity contribution is -0.137. The van der Waals surface area contributed by atoms with E-state index in [-0.39, 0.29) is 11.3 Å². The van der Waals surface area contributed by atoms with Crippen LogP contribution in [-0.4, -0.2) is 24.2 Å². The van der Waals surface area contributed by atoms with Crippen LogP contribution in [0.3, 0.4) is 0 Å². The van der Waals surface area contributed by atoms with Crippen LogP contribution in [0.4, 0.5) is 24.5 Å². The highest BCUT2D eigenvalue weighted by atomic mass is 19.4. The van der Waals surface area contributed by atoms with Crippen LogP contribution < -0.4 is 10.2 Å². The predicted octanol–water partition coefficient (Wildman–Crippen LogP) is 4.42. The number of amides is 1. The molecule has 0 saturated carbocycles. The van der Waals surface area contributed by atoms with Crippen molar-refractivity contribution in [1.82, 2.24) is 5.16 Å². The fourth-order valence-electron chi connectivity index (χ4n) is 3.18. The van der Waals surface area contributed by atoms with E-state index in [1.807, 2.05) is 11.8 Å². The molecular formula is C18H20F3N3O2. The first-order valence-corrected chi connectivity index (χ1v) is 8.54. The van der Waals surface area contributed by atoms with Gasteiger partial charge in [-0.25, -0.2) is 0 Å². The van der Waals surface area contributed by atoms with Crippen molar-refractivity contribution in [3.8, 4) is 0 Å². The summed E-state index contributed by atoms with van der Waals surface area (Å²) < 4.78 is 44.4. The Morgan fingerprint density at radius 1 is 1.31 bits per heavy atom. The normalized spacial score (nSPS) is 14.7. The summed E-state index contributed by atoms with van der Waals surface area (Å²) in [6.45, 7) is 4.93. The van der Waals surface area contributed by atoms with Crippen molar-refractivity contribution in [3.05, 3.63) is 40.8 Å². The molecule has 1 saturated heterocycles. The topological polar surface area (TPSA) is 58.4 Å². The molecule has 1 aliphatic heterocycles. The standard InChI is InChI=1S/C18H20F3N3O2/c1-3-13-16(11(2)26-23-13)17(25)22-14-10-12(18(19,20)21)6-7-15(14)24-8-4-5-9-24/h6-7,10H,3-5,8-9H2,1-2H3,(H,22,25). The van der Waals surface area contributed by atoms with Crippen molar-refractivity contribution >= 4 is 17.3 Å². The number of aromatic nitrogens is 1. The molecule has 0 radical (unpaired) electrons. The average Bonchev–Trinajstić information content (AvgIpc) is 3.23. The first-order chi connectivity index (χ1) is 12.3. The van der Waals surface area contributed by atoms with Gasteiger partial charge < -0.3 is 14.7 Å². The molecule has 5 nitrogen and oxygen atoms in total. The molecule has 3 rings (SSSR count). The van der Waals surface area contributed by atoms with Crippen LogP contribution >= 0.6 is 0 Å². The Labute approximate surface area is 149 Å². The summed E-state index contributed by atoms with van der Waals surface area (Å²) in [5, 5.41) is 6.46. The largest absolute Gasteiger partial charge is 0.416 e. The number of aryl methyl sites for hydroxylation is 2. The van der Waals surface area contributed by atoms with Gasteiger partial charge in [-0.2, -0.15) is 13.2 Å². The molecule has 0 unspecified atom stereocenters. The van der Waals surface area contributed by atoms with E-state index in [4.69, 9.17) is 4.52 Å². The molecule has 0 atom stereocenters. The van der Waals surface area contributed by atoms with E-state index in [0.29, 0.717) is 23.6 Å². The monoisotopic (exact) mass is 367 g/mol. The number of hydrogen-bond acceptors (Lipinski definition) is 4. The van der Waals surface area contributed by atoms with E-state index in [2.05, 4.69) is 10.5 Å². The van der Waals surface area contributed by atoms with Gasteiger partial charge >= 0.3 is 6.18 Å². The summed E-state index contributed by atoms with van der Waals surface area (Å²) in [4.78, 5) is 14.7. The summed E-state index contributed by atoms with van der Waals surface area (Å²) >= 11 is 0. The third-order valence-electron chi connectivity index (χ3n) is 4.51. The summed E-state index contributed by atoms with van der Waals surface area (Å²) in [6, 6.07) is 3.45. The van der Waals surface area contributed by atoms with Crippen LogP contribution in [0.15, 0.2) is 22.7 Å². The number of carbonyl (C=O) groups is 1. The van der Waals surface area contributed by atoms with E-state index in [1.165, 1.54) is 6.07 Å². The number of rotatable bonds is 4. The number of anilines is 2. The highest BCUT2D eigenvalue weighted by Gasteiger charge is 2.32. The molecule has 2 aromatic rings. The van der Waals surface area contributed by atoms with E-state index in [1.54, 1.807) is 6.92 Å². The van der Waals surface area contributed by atoms with Crippen LogP contribution in [-0.2, 0) is 12.6 Å². The molecule has 2 heterocycles. The Hall–Kier alpha value is -2.51. The van der Waals surface area contributed by atoms with Crippen molar-refractivity contribution in [1.29, 1.82) is 0 Å². The van der Waals surface area contributed by atoms with Crippen LogP contribution in [0, 0.1) is 6.92 Å². The third kappa shape index (κ3) is 3.54. The quantitative estimate of drug-likeness (QED) is 0.869. The fraction of sp³-hybridized carbons (Fsp3) is 0.444. The number of hydrogen-bond donors (Lipinski definition) is 1. The van der Waals surface area contributed by atoms with Gasteiger partial charge in [0.15, 0.2) is 0 Å². The molecule has 0 aliphatic carbocycles. The third-order valence-corrected chi connectivity index (χ3v) is 4.51. The Kier molecular flexibility index (Phi) is 4.93. The maximum atomic E-state index is 13.1. The van der Waals surface area contributed by atoms with E-state index < -0.39 is 17.6 Å². The first kappa shape index (κ1) is 18.3. The molecular weight excluding hydrogens is 347 g/mol. The summed E-state index contributed by atoms with van der Waals surface area (Å²) in [7, 11) is 0. The molecule has 1 fully saturated rings. The number of nitrogens with one attached hydrogen (secondary N) is 1. The maximum absolute atomic E-state index is 13.1. The van der Waals surface area contributed by atoms with Crippen LogP contribution in [0.2, 0.25) is 0 Å². The average molecular weight is 367 g/mol. The highest BCUT2D eigenvalue weighted by molar-refractivity contribution is 6.07. The minimum atomic E-state index is -4.48. The van der Waals surface area contributed by atoms with Gasteiger partial charge in [-0.3, -0.25) is 4.79 Å². The number of halogens is 3. The number of nitrogens with zero attached hydrogens (tertiary/aromatic N) is 2. The molecule has 1 N–H and O–H groups in total. The van der Waals surface area contributed by atoms with E-state index in [0.717, 1.165) is 38.1 Å². The molecule has 1 aliphatic rings. The molecule has 0 spiro atoms. The summed E-state index contributed by atoms with van der Waals surface area (Å²) in [6.07, 6.45) is -2.05. The molecule has 140 valence electrons. The van der Waals surface area contributed by atoms with Gasteiger partial charge in [0.05, 0.1) is 22.6 Å². The minimum Gasteiger partial charge on any atom is -0.370 e. The van der Waals surface area contributed by atoms with E-state index in [9.17, 15) is 18.0 Å². The molecule has 26 heavy (non-hydrogen) atoms. The van der Waals surface area contributed by atoms with Crippen molar-refractivity contribution in [2.45, 2.75) is 39.3 Å². The predicted molar refractivity (Wildman–Crippen MR) is 91.5 cm³/mol. The second kappa shape index (κ2) is 7.01. The highest BCUT2D eigenvalue weighted by Crippen LogP contribution is 2.36. The van der Waals surface area contributed by atoms with Gasteiger partial charge in [0.2, 0.25) is 0 Å². The number of carbonyl (C=O) groups excluding carboxylic acids is 1. The lowest BCUT2D eigenvalue weighted by Gasteiger charge is -2.23. The summed E-state index contributed by atoms with van der Waals surface area (Å²) in [5.74, 6) is -0.172. The Morgan fingerprint density at radius 3 is 2.62 bits per heavy atom. The Morgan fingerprint density at radius 2 is 2.00 bits per heavy atom.